The van der Waals surface area contributed by atoms with Crippen LogP contribution in [0.5, 0.6) is 5.75 Å². The number of para-hydroxylation sites is 2. The molecular weight excluding hydrogens is 400 g/mol. The van der Waals surface area contributed by atoms with Crippen molar-refractivity contribution in [3.8, 4) is 22.7 Å². The van der Waals surface area contributed by atoms with E-state index in [-0.39, 0.29) is 5.91 Å². The standard InChI is InChI=1S/C26H24N4O2/c1-29(17-18-32-24-12-6-3-7-13-24)25(31)15-14-22-20-30(23-10-4-2-5-11-23)28-26(22)21-9-8-16-27-19-21/h2-16,19-20H,17-18H2,1H3/b15-14+. The van der Waals surface area contributed by atoms with E-state index < -0.39 is 0 Å². The summed E-state index contributed by atoms with van der Waals surface area (Å²) < 4.78 is 7.49. The molecule has 0 N–H and O–H groups in total. The number of benzene rings is 2. The van der Waals surface area contributed by atoms with Crippen LogP contribution in [0.3, 0.4) is 0 Å². The van der Waals surface area contributed by atoms with E-state index in [1.54, 1.807) is 36.5 Å². The van der Waals surface area contributed by atoms with Gasteiger partial charge in [0.15, 0.2) is 0 Å². The van der Waals surface area contributed by atoms with Gasteiger partial charge in [-0.15, -0.1) is 0 Å². The lowest BCUT2D eigenvalue weighted by Crippen LogP contribution is -2.29. The molecule has 0 bridgehead atoms. The van der Waals surface area contributed by atoms with Crippen LogP contribution in [0.2, 0.25) is 0 Å². The summed E-state index contributed by atoms with van der Waals surface area (Å²) in [4.78, 5) is 18.5. The van der Waals surface area contributed by atoms with E-state index in [4.69, 9.17) is 9.84 Å². The largest absolute Gasteiger partial charge is 0.492 e. The van der Waals surface area contributed by atoms with Crippen LogP contribution in [-0.4, -0.2) is 45.8 Å². The van der Waals surface area contributed by atoms with Gasteiger partial charge in [0.1, 0.15) is 18.1 Å². The fourth-order valence-electron chi connectivity index (χ4n) is 3.17. The second-order valence-electron chi connectivity index (χ2n) is 7.21. The molecule has 4 rings (SSSR count). The number of nitrogens with zero attached hydrogens (tertiary/aromatic N) is 4. The number of hydrogen-bond acceptors (Lipinski definition) is 4. The molecule has 0 atom stereocenters. The van der Waals surface area contributed by atoms with Gasteiger partial charge < -0.3 is 9.64 Å². The van der Waals surface area contributed by atoms with Crippen molar-refractivity contribution in [1.82, 2.24) is 19.7 Å². The third-order valence-corrected chi connectivity index (χ3v) is 4.92. The lowest BCUT2D eigenvalue weighted by molar-refractivity contribution is -0.125. The fraction of sp³-hybridized carbons (Fsp3) is 0.115. The van der Waals surface area contributed by atoms with Gasteiger partial charge in [-0.25, -0.2) is 4.68 Å². The Bertz CT molecular complexity index is 1170. The van der Waals surface area contributed by atoms with Gasteiger partial charge in [-0.1, -0.05) is 36.4 Å². The number of likely N-dealkylation sites (N-methyl/N-ethyl adjacent to an activating group) is 1. The second kappa shape index (κ2) is 10.2. The first-order valence-electron chi connectivity index (χ1n) is 10.4. The summed E-state index contributed by atoms with van der Waals surface area (Å²) in [7, 11) is 1.76. The molecule has 2 heterocycles. The number of amides is 1. The number of hydrogen-bond donors (Lipinski definition) is 0. The lowest BCUT2D eigenvalue weighted by atomic mass is 10.1. The maximum atomic E-state index is 12.6. The van der Waals surface area contributed by atoms with Gasteiger partial charge in [-0.3, -0.25) is 9.78 Å². The third kappa shape index (κ3) is 5.29. The Hall–Kier alpha value is -4.19. The van der Waals surface area contributed by atoms with E-state index in [9.17, 15) is 4.79 Å². The number of aromatic nitrogens is 3. The van der Waals surface area contributed by atoms with Crippen LogP contribution in [0, 0.1) is 0 Å². The zero-order valence-corrected chi connectivity index (χ0v) is 17.8. The second-order valence-corrected chi connectivity index (χ2v) is 7.21. The highest BCUT2D eigenvalue weighted by Crippen LogP contribution is 2.24. The van der Waals surface area contributed by atoms with Gasteiger partial charge in [-0.05, 0) is 42.5 Å². The molecule has 0 spiro atoms. The van der Waals surface area contributed by atoms with E-state index in [2.05, 4.69) is 4.98 Å². The minimum atomic E-state index is -0.105. The van der Waals surface area contributed by atoms with E-state index >= 15 is 0 Å². The number of carbonyl (C=O) groups excluding carboxylic acids is 1. The summed E-state index contributed by atoms with van der Waals surface area (Å²) in [5.41, 5.74) is 3.43. The highest BCUT2D eigenvalue weighted by molar-refractivity contribution is 5.92. The highest BCUT2D eigenvalue weighted by atomic mass is 16.5. The van der Waals surface area contributed by atoms with Crippen molar-refractivity contribution in [2.45, 2.75) is 0 Å². The van der Waals surface area contributed by atoms with Crippen molar-refractivity contribution in [1.29, 1.82) is 0 Å². The van der Waals surface area contributed by atoms with Crippen LogP contribution >= 0.6 is 0 Å². The maximum Gasteiger partial charge on any atom is 0.246 e. The molecule has 6 heteroatoms. The molecule has 1 amide bonds. The van der Waals surface area contributed by atoms with E-state index in [1.807, 2.05) is 83.7 Å². The number of ether oxygens (including phenoxy) is 1. The van der Waals surface area contributed by atoms with Crippen molar-refractivity contribution in [2.24, 2.45) is 0 Å². The van der Waals surface area contributed by atoms with Crippen molar-refractivity contribution >= 4 is 12.0 Å². The summed E-state index contributed by atoms with van der Waals surface area (Å²) in [6.07, 6.45) is 8.77. The molecule has 0 aliphatic rings. The molecule has 2 aromatic carbocycles. The summed E-state index contributed by atoms with van der Waals surface area (Å²) in [6, 6.07) is 23.3. The first kappa shape index (κ1) is 21.1. The fourth-order valence-corrected chi connectivity index (χ4v) is 3.17. The molecule has 0 unspecified atom stereocenters. The Morgan fingerprint density at radius 2 is 1.78 bits per heavy atom. The van der Waals surface area contributed by atoms with Crippen LogP contribution in [0.1, 0.15) is 5.56 Å². The Balaban J connectivity index is 1.48. The third-order valence-electron chi connectivity index (χ3n) is 4.92. The summed E-state index contributed by atoms with van der Waals surface area (Å²) in [5.74, 6) is 0.685. The smallest absolute Gasteiger partial charge is 0.246 e. The predicted molar refractivity (Wildman–Crippen MR) is 125 cm³/mol. The van der Waals surface area contributed by atoms with Gasteiger partial charge >= 0.3 is 0 Å². The number of carbonyl (C=O) groups is 1. The Labute approximate surface area is 187 Å². The zero-order valence-electron chi connectivity index (χ0n) is 17.8. The molecule has 0 fully saturated rings. The molecule has 160 valence electrons. The summed E-state index contributed by atoms with van der Waals surface area (Å²) >= 11 is 0. The molecule has 32 heavy (non-hydrogen) atoms. The Morgan fingerprint density at radius 1 is 1.03 bits per heavy atom. The molecule has 6 nitrogen and oxygen atoms in total. The van der Waals surface area contributed by atoms with Gasteiger partial charge in [0.05, 0.1) is 12.2 Å². The lowest BCUT2D eigenvalue weighted by Gasteiger charge is -2.15. The molecule has 2 aromatic heterocycles. The van der Waals surface area contributed by atoms with Crippen molar-refractivity contribution in [3.63, 3.8) is 0 Å². The van der Waals surface area contributed by atoms with Gasteiger partial charge in [0.25, 0.3) is 0 Å². The molecule has 4 aromatic rings. The number of rotatable bonds is 8. The van der Waals surface area contributed by atoms with Crippen LogP contribution < -0.4 is 4.74 Å². The summed E-state index contributed by atoms with van der Waals surface area (Å²) in [6.45, 7) is 0.907. The van der Waals surface area contributed by atoms with E-state index in [0.717, 1.165) is 28.3 Å². The minimum absolute atomic E-state index is 0.105. The normalized spacial score (nSPS) is 10.9. The first-order valence-corrected chi connectivity index (χ1v) is 10.4. The van der Waals surface area contributed by atoms with Gasteiger partial charge in [-0.2, -0.15) is 5.10 Å². The summed E-state index contributed by atoms with van der Waals surface area (Å²) in [5, 5.41) is 4.74. The molecule has 0 radical (unpaired) electrons. The van der Waals surface area contributed by atoms with Crippen molar-refractivity contribution in [2.75, 3.05) is 20.2 Å². The average molecular weight is 425 g/mol. The van der Waals surface area contributed by atoms with Gasteiger partial charge in [0.2, 0.25) is 5.91 Å². The molecular formula is C26H24N4O2. The zero-order chi connectivity index (χ0) is 22.2. The van der Waals surface area contributed by atoms with Crippen molar-refractivity contribution in [3.05, 3.63) is 103 Å². The molecule has 0 aliphatic carbocycles. The quantitative estimate of drug-likeness (QED) is 0.391. The average Bonchev–Trinajstić information content (AvgIpc) is 3.28. The maximum absolute atomic E-state index is 12.6. The van der Waals surface area contributed by atoms with E-state index in [1.165, 1.54) is 0 Å². The topological polar surface area (TPSA) is 60.2 Å². The van der Waals surface area contributed by atoms with Crippen LogP contribution in [0.25, 0.3) is 23.0 Å². The van der Waals surface area contributed by atoms with E-state index in [0.29, 0.717) is 13.2 Å². The molecule has 0 aliphatic heterocycles. The van der Waals surface area contributed by atoms with Gasteiger partial charge in [0, 0.05) is 42.8 Å². The first-order chi connectivity index (χ1) is 15.7. The van der Waals surface area contributed by atoms with Crippen LogP contribution in [-0.2, 0) is 4.79 Å². The van der Waals surface area contributed by atoms with Crippen LogP contribution in [0.4, 0.5) is 0 Å². The Kier molecular flexibility index (Phi) is 6.72. The van der Waals surface area contributed by atoms with Crippen molar-refractivity contribution < 1.29 is 9.53 Å². The minimum Gasteiger partial charge on any atom is -0.492 e. The Morgan fingerprint density at radius 3 is 2.50 bits per heavy atom. The predicted octanol–water partition coefficient (Wildman–Crippen LogP) is 4.48. The number of pyridine rings is 1. The molecule has 0 saturated carbocycles. The highest BCUT2D eigenvalue weighted by Gasteiger charge is 2.12. The van der Waals surface area contributed by atoms with Crippen LogP contribution in [0.15, 0.2) is 97.5 Å². The SMILES string of the molecule is CN(CCOc1ccccc1)C(=O)/C=C/c1cn(-c2ccccc2)nc1-c1cccnc1. The monoisotopic (exact) mass is 424 g/mol. The molecule has 0 saturated heterocycles.